The van der Waals surface area contributed by atoms with Crippen molar-refractivity contribution in [3.63, 3.8) is 0 Å². The summed E-state index contributed by atoms with van der Waals surface area (Å²) in [6, 6.07) is 33.8. The van der Waals surface area contributed by atoms with Crippen LogP contribution in [0.2, 0.25) is 0 Å². The molecule has 2 aliphatic rings. The first-order valence-corrected chi connectivity index (χ1v) is 12.8. The molecule has 190 valence electrons. The molecule has 0 amide bonds. The number of carbonyl (C=O) groups excluding carboxylic acids is 1. The summed E-state index contributed by atoms with van der Waals surface area (Å²) in [7, 11) is 3.27. The molecule has 0 aliphatic carbocycles. The van der Waals surface area contributed by atoms with Gasteiger partial charge in [0.15, 0.2) is 0 Å². The minimum absolute atomic E-state index is 0.350. The van der Waals surface area contributed by atoms with Gasteiger partial charge in [0, 0.05) is 18.0 Å². The molecule has 0 N–H and O–H groups in total. The van der Waals surface area contributed by atoms with E-state index in [9.17, 15) is 10.1 Å². The predicted molar refractivity (Wildman–Crippen MR) is 147 cm³/mol. The lowest BCUT2D eigenvalue weighted by atomic mass is 9.72. The summed E-state index contributed by atoms with van der Waals surface area (Å²) in [6.07, 6.45) is -0.673. The Bertz CT molecular complexity index is 1860. The Hall–Kier alpha value is -5.02. The number of benzene rings is 4. The molecule has 5 aromatic rings. The van der Waals surface area contributed by atoms with E-state index < -0.39 is 23.6 Å². The van der Waals surface area contributed by atoms with Gasteiger partial charge in [0.2, 0.25) is 11.5 Å². The summed E-state index contributed by atoms with van der Waals surface area (Å²) in [5.74, 6) is -0.470. The van der Waals surface area contributed by atoms with E-state index in [1.807, 2.05) is 109 Å². The minimum Gasteiger partial charge on any atom is -0.469 e. The number of nitrogens with zero attached hydrogens (tertiary/aromatic N) is 2. The van der Waals surface area contributed by atoms with Gasteiger partial charge in [0.05, 0.1) is 35.8 Å². The third-order valence-corrected chi connectivity index (χ3v) is 7.97. The second-order valence-electron chi connectivity index (χ2n) is 9.93. The van der Waals surface area contributed by atoms with Crippen LogP contribution >= 0.6 is 0 Å². The van der Waals surface area contributed by atoms with Crippen LogP contribution in [0.15, 0.2) is 103 Å². The third kappa shape index (κ3) is 3.10. The number of nitriles is 1. The van der Waals surface area contributed by atoms with Gasteiger partial charge in [0.1, 0.15) is 11.9 Å². The molecular formula is C33H24N2O4. The Balaban J connectivity index is 1.56. The first-order valence-electron chi connectivity index (χ1n) is 12.8. The normalized spacial score (nSPS) is 21.6. The maximum atomic E-state index is 14.1. The van der Waals surface area contributed by atoms with Gasteiger partial charge in [-0.2, -0.15) is 5.26 Å². The van der Waals surface area contributed by atoms with Gasteiger partial charge >= 0.3 is 5.97 Å². The Kier molecular flexibility index (Phi) is 5.04. The van der Waals surface area contributed by atoms with Gasteiger partial charge in [0.25, 0.3) is 0 Å². The van der Waals surface area contributed by atoms with Crippen molar-refractivity contribution in [2.24, 2.45) is 13.0 Å². The number of para-hydroxylation sites is 1. The summed E-state index contributed by atoms with van der Waals surface area (Å²) < 4.78 is 21.0. The number of hydrogen-bond donors (Lipinski definition) is 0. The lowest BCUT2D eigenvalue weighted by molar-refractivity contribution is -0.171. The molecule has 6 heteroatoms. The first-order chi connectivity index (χ1) is 19.1. The Morgan fingerprint density at radius 1 is 0.949 bits per heavy atom. The monoisotopic (exact) mass is 512 g/mol. The highest BCUT2D eigenvalue weighted by atomic mass is 16.6. The van der Waals surface area contributed by atoms with Crippen LogP contribution in [0.5, 0.6) is 5.88 Å². The fourth-order valence-electron chi connectivity index (χ4n) is 6.24. The largest absolute Gasteiger partial charge is 0.469 e. The highest BCUT2D eigenvalue weighted by molar-refractivity contribution is 5.98. The fourth-order valence-corrected chi connectivity index (χ4v) is 6.24. The van der Waals surface area contributed by atoms with E-state index in [2.05, 4.69) is 6.07 Å². The zero-order valence-electron chi connectivity index (χ0n) is 21.4. The van der Waals surface area contributed by atoms with Crippen LogP contribution in [0.1, 0.15) is 22.8 Å². The molecule has 0 bridgehead atoms. The van der Waals surface area contributed by atoms with Crippen molar-refractivity contribution in [2.75, 3.05) is 7.11 Å². The van der Waals surface area contributed by atoms with Crippen LogP contribution in [0.4, 0.5) is 0 Å². The van der Waals surface area contributed by atoms with Crippen LogP contribution in [0, 0.1) is 17.2 Å². The molecule has 0 spiro atoms. The maximum absolute atomic E-state index is 14.1. The molecule has 3 heterocycles. The standard InChI is InChI=1S/C33H24N2O4/c1-35-26-15-9-8-14-24(26)28-31(35)38-30(21-11-4-3-5-12-21)27-25(19-34)29(39-33(27,28)32(36)37-2)23-17-16-20-10-6-7-13-22(20)18-23/h3-18,27,30H,1-2H3/t27-,30-,33-/m1/s1. The van der Waals surface area contributed by atoms with Gasteiger partial charge in [-0.05, 0) is 28.5 Å². The van der Waals surface area contributed by atoms with E-state index in [0.29, 0.717) is 22.8 Å². The number of esters is 1. The van der Waals surface area contributed by atoms with Crippen LogP contribution < -0.4 is 4.74 Å². The summed E-state index contributed by atoms with van der Waals surface area (Å²) in [5.41, 5.74) is 1.74. The van der Waals surface area contributed by atoms with Crippen LogP contribution in [-0.2, 0) is 26.9 Å². The number of hydrogen-bond acceptors (Lipinski definition) is 5. The second kappa shape index (κ2) is 8.50. The van der Waals surface area contributed by atoms with Crippen molar-refractivity contribution in [2.45, 2.75) is 11.7 Å². The quantitative estimate of drug-likeness (QED) is 0.261. The van der Waals surface area contributed by atoms with Crippen molar-refractivity contribution in [3.05, 3.63) is 119 Å². The molecule has 6 nitrogen and oxygen atoms in total. The first kappa shape index (κ1) is 23.1. The molecule has 39 heavy (non-hydrogen) atoms. The van der Waals surface area contributed by atoms with Crippen LogP contribution in [0.25, 0.3) is 27.4 Å². The highest BCUT2D eigenvalue weighted by Gasteiger charge is 2.66. The zero-order valence-corrected chi connectivity index (χ0v) is 21.4. The fraction of sp³-hybridized carbons (Fsp3) is 0.152. The summed E-state index contributed by atoms with van der Waals surface area (Å²) >= 11 is 0. The van der Waals surface area contributed by atoms with Crippen molar-refractivity contribution in [3.8, 4) is 11.9 Å². The molecule has 2 aliphatic heterocycles. The van der Waals surface area contributed by atoms with Crippen LogP contribution in [0.3, 0.4) is 0 Å². The molecule has 4 aromatic carbocycles. The van der Waals surface area contributed by atoms with E-state index in [0.717, 1.165) is 32.8 Å². The molecule has 0 fully saturated rings. The lowest BCUT2D eigenvalue weighted by Gasteiger charge is -2.41. The van der Waals surface area contributed by atoms with E-state index in [4.69, 9.17) is 14.2 Å². The Labute approximate surface area is 225 Å². The second-order valence-corrected chi connectivity index (χ2v) is 9.93. The SMILES string of the molecule is COC(=O)[C@@]12OC(c3ccc4ccccc4c3)=C(C#N)[C@@H]1[C@@H](c1ccccc1)Oc1c2c2ccccc2n1C. The molecule has 0 radical (unpaired) electrons. The smallest absolute Gasteiger partial charge is 0.356 e. The minimum atomic E-state index is -1.63. The van der Waals surface area contributed by atoms with Gasteiger partial charge in [-0.3, -0.25) is 0 Å². The van der Waals surface area contributed by atoms with Crippen molar-refractivity contribution >= 4 is 33.4 Å². The Morgan fingerprint density at radius 3 is 2.44 bits per heavy atom. The van der Waals surface area contributed by atoms with Crippen LogP contribution in [-0.4, -0.2) is 17.6 Å². The molecule has 0 unspecified atom stereocenters. The summed E-state index contributed by atoms with van der Waals surface area (Å²) in [6.45, 7) is 0. The molecule has 7 rings (SSSR count). The lowest BCUT2D eigenvalue weighted by Crippen LogP contribution is -2.49. The van der Waals surface area contributed by atoms with Gasteiger partial charge < -0.3 is 18.8 Å². The van der Waals surface area contributed by atoms with E-state index in [1.54, 1.807) is 0 Å². The van der Waals surface area contributed by atoms with E-state index in [-0.39, 0.29) is 0 Å². The number of methoxy groups -OCH3 is 1. The average molecular weight is 513 g/mol. The molecule has 1 aromatic heterocycles. The average Bonchev–Trinajstić information content (AvgIpc) is 3.50. The predicted octanol–water partition coefficient (Wildman–Crippen LogP) is 6.41. The highest BCUT2D eigenvalue weighted by Crippen LogP contribution is 2.62. The van der Waals surface area contributed by atoms with E-state index >= 15 is 0 Å². The Morgan fingerprint density at radius 2 is 1.67 bits per heavy atom. The number of ether oxygens (including phenoxy) is 3. The summed E-state index contributed by atoms with van der Waals surface area (Å²) in [4.78, 5) is 14.1. The number of fused-ring (bicyclic) bond motifs is 6. The number of aryl methyl sites for hydroxylation is 1. The van der Waals surface area contributed by atoms with E-state index in [1.165, 1.54) is 7.11 Å². The molecular weight excluding hydrogens is 488 g/mol. The van der Waals surface area contributed by atoms with Gasteiger partial charge in [-0.1, -0.05) is 84.9 Å². The van der Waals surface area contributed by atoms with Crippen molar-refractivity contribution in [1.29, 1.82) is 5.26 Å². The summed E-state index contributed by atoms with van der Waals surface area (Å²) in [5, 5.41) is 13.5. The topological polar surface area (TPSA) is 73.5 Å². The van der Waals surface area contributed by atoms with Crippen molar-refractivity contribution < 1.29 is 19.0 Å². The maximum Gasteiger partial charge on any atom is 0.356 e. The molecule has 0 saturated heterocycles. The van der Waals surface area contributed by atoms with Gasteiger partial charge in [-0.15, -0.1) is 0 Å². The van der Waals surface area contributed by atoms with Gasteiger partial charge in [-0.25, -0.2) is 4.79 Å². The third-order valence-electron chi connectivity index (χ3n) is 7.97. The number of rotatable bonds is 3. The molecule has 3 atom stereocenters. The number of aromatic nitrogens is 1. The molecule has 0 saturated carbocycles. The number of carbonyl (C=O) groups is 1. The van der Waals surface area contributed by atoms with Crippen molar-refractivity contribution in [1.82, 2.24) is 4.57 Å². The zero-order chi connectivity index (χ0) is 26.7.